The maximum Gasteiger partial charge on any atom is 0.0962 e. The molecule has 0 amide bonds. The number of benzene rings is 3. The van der Waals surface area contributed by atoms with E-state index >= 15 is 0 Å². The van der Waals surface area contributed by atoms with Gasteiger partial charge in [-0.25, -0.2) is 0 Å². The van der Waals surface area contributed by atoms with Gasteiger partial charge >= 0.3 is 0 Å². The van der Waals surface area contributed by atoms with Gasteiger partial charge in [0.15, 0.2) is 0 Å². The summed E-state index contributed by atoms with van der Waals surface area (Å²) in [7, 11) is 8.33. The van der Waals surface area contributed by atoms with Gasteiger partial charge in [-0.15, -0.1) is 0 Å². The van der Waals surface area contributed by atoms with E-state index in [0.29, 0.717) is 0 Å². The lowest BCUT2D eigenvalue weighted by molar-refractivity contribution is 0.639. The van der Waals surface area contributed by atoms with E-state index in [-0.39, 0.29) is 10.8 Å². The van der Waals surface area contributed by atoms with Gasteiger partial charge in [0.25, 0.3) is 0 Å². The van der Waals surface area contributed by atoms with Gasteiger partial charge in [-0.3, -0.25) is 0 Å². The van der Waals surface area contributed by atoms with Crippen molar-refractivity contribution in [3.8, 4) is 0 Å². The fourth-order valence-electron chi connectivity index (χ4n) is 4.07. The highest BCUT2D eigenvalue weighted by molar-refractivity contribution is 8.01. The Balaban J connectivity index is 1.77. The molecular formula is C25H29N3S. The van der Waals surface area contributed by atoms with Gasteiger partial charge in [-0.2, -0.15) is 0 Å². The van der Waals surface area contributed by atoms with E-state index < -0.39 is 0 Å². The molecule has 0 radical (unpaired) electrons. The van der Waals surface area contributed by atoms with Crippen LogP contribution in [0, 0.1) is 0 Å². The maximum absolute atomic E-state index is 3.82. The fraction of sp³-hybridized carbons (Fsp3) is 0.280. The highest BCUT2D eigenvalue weighted by atomic mass is 32.2. The first-order chi connectivity index (χ1) is 13.9. The van der Waals surface area contributed by atoms with Crippen LogP contribution in [-0.2, 0) is 0 Å². The average molecular weight is 404 g/mol. The Morgan fingerprint density at radius 1 is 0.724 bits per heavy atom. The summed E-state index contributed by atoms with van der Waals surface area (Å²) in [6, 6.07) is 26.6. The zero-order valence-corrected chi connectivity index (χ0v) is 18.6. The van der Waals surface area contributed by atoms with Crippen molar-refractivity contribution in [1.29, 1.82) is 0 Å². The van der Waals surface area contributed by atoms with Gasteiger partial charge in [-0.1, -0.05) is 48.2 Å². The van der Waals surface area contributed by atoms with Crippen LogP contribution in [0.25, 0.3) is 0 Å². The third kappa shape index (κ3) is 3.82. The van der Waals surface area contributed by atoms with E-state index in [1.807, 2.05) is 11.8 Å². The lowest BCUT2D eigenvalue weighted by atomic mass is 9.84. The predicted octanol–water partition coefficient (Wildman–Crippen LogP) is 5.88. The molecule has 150 valence electrons. The van der Waals surface area contributed by atoms with Gasteiger partial charge < -0.3 is 15.1 Å². The number of thioether (sulfide) groups is 1. The first-order valence-corrected chi connectivity index (χ1v) is 10.8. The topological polar surface area (TPSA) is 18.5 Å². The van der Waals surface area contributed by atoms with Crippen molar-refractivity contribution in [3.63, 3.8) is 0 Å². The smallest absolute Gasteiger partial charge is 0.0962 e. The number of hydrogen-bond donors (Lipinski definition) is 1. The van der Waals surface area contributed by atoms with Crippen LogP contribution in [0.4, 0.5) is 17.1 Å². The van der Waals surface area contributed by atoms with Gasteiger partial charge in [0.1, 0.15) is 0 Å². The van der Waals surface area contributed by atoms with E-state index in [0.717, 1.165) is 0 Å². The average Bonchev–Trinajstić information content (AvgIpc) is 3.05. The molecule has 1 aliphatic heterocycles. The van der Waals surface area contributed by atoms with Crippen molar-refractivity contribution in [2.24, 2.45) is 0 Å². The highest BCUT2D eigenvalue weighted by Crippen LogP contribution is 2.53. The molecular weight excluding hydrogens is 374 g/mol. The second-order valence-corrected chi connectivity index (χ2v) is 9.73. The Bertz CT molecular complexity index is 901. The molecule has 0 saturated carbocycles. The first-order valence-electron chi connectivity index (χ1n) is 9.98. The molecule has 1 N–H and O–H groups in total. The summed E-state index contributed by atoms with van der Waals surface area (Å²) in [6.45, 7) is 2.32. The Kier molecular flexibility index (Phi) is 5.22. The summed E-state index contributed by atoms with van der Waals surface area (Å²) in [5.74, 6) is 0.215. The molecule has 29 heavy (non-hydrogen) atoms. The zero-order valence-electron chi connectivity index (χ0n) is 17.8. The van der Waals surface area contributed by atoms with Crippen LogP contribution in [0.3, 0.4) is 0 Å². The SMILES string of the molecule is CN(C)c1ccc(C(c2ccc(N(C)C)cc2)C2(C)Nc3ccccc3S2)cc1. The van der Waals surface area contributed by atoms with Crippen molar-refractivity contribution in [2.45, 2.75) is 22.6 Å². The standard InChI is InChI=1S/C25H29N3S/c1-25(26-22-8-6-7-9-23(22)29-25)24(18-10-14-20(15-11-18)27(2)3)19-12-16-21(17-13-19)28(4)5/h6-17,24,26H,1-5H3. The Morgan fingerprint density at radius 2 is 1.21 bits per heavy atom. The summed E-state index contributed by atoms with van der Waals surface area (Å²) in [5.41, 5.74) is 6.30. The number of fused-ring (bicyclic) bond motifs is 1. The van der Waals surface area contributed by atoms with E-state index in [1.165, 1.54) is 33.1 Å². The summed E-state index contributed by atoms with van der Waals surface area (Å²) in [5, 5.41) is 3.82. The second kappa shape index (κ2) is 7.68. The van der Waals surface area contributed by atoms with Crippen LogP contribution in [0.5, 0.6) is 0 Å². The van der Waals surface area contributed by atoms with Gasteiger partial charge in [-0.05, 0) is 54.4 Å². The summed E-state index contributed by atoms with van der Waals surface area (Å²) in [4.78, 5) is 5.44. The molecule has 0 saturated heterocycles. The number of hydrogen-bond acceptors (Lipinski definition) is 4. The minimum absolute atomic E-state index is 0.164. The van der Waals surface area contributed by atoms with Crippen LogP contribution in [-0.4, -0.2) is 33.1 Å². The van der Waals surface area contributed by atoms with Gasteiger partial charge in [0, 0.05) is 56.1 Å². The van der Waals surface area contributed by atoms with Crippen LogP contribution in [0.15, 0.2) is 77.7 Å². The van der Waals surface area contributed by atoms with Crippen molar-refractivity contribution in [3.05, 3.63) is 83.9 Å². The summed E-state index contributed by atoms with van der Waals surface area (Å²) >= 11 is 1.93. The molecule has 3 nitrogen and oxygen atoms in total. The number of nitrogens with one attached hydrogen (secondary N) is 1. The summed E-state index contributed by atoms with van der Waals surface area (Å²) < 4.78 is 0. The second-order valence-electron chi connectivity index (χ2n) is 8.24. The van der Waals surface area contributed by atoms with Crippen molar-refractivity contribution in [2.75, 3.05) is 43.3 Å². The number of nitrogens with zero attached hydrogens (tertiary/aromatic N) is 2. The third-order valence-electron chi connectivity index (χ3n) is 5.63. The molecule has 0 aliphatic carbocycles. The molecule has 0 aromatic heterocycles. The predicted molar refractivity (Wildman–Crippen MR) is 128 cm³/mol. The molecule has 0 bridgehead atoms. The molecule has 1 aliphatic rings. The number of para-hydroxylation sites is 1. The lowest BCUT2D eigenvalue weighted by Gasteiger charge is -2.35. The Morgan fingerprint density at radius 3 is 1.66 bits per heavy atom. The van der Waals surface area contributed by atoms with Crippen molar-refractivity contribution >= 4 is 28.8 Å². The molecule has 0 spiro atoms. The van der Waals surface area contributed by atoms with Crippen LogP contribution >= 0.6 is 11.8 Å². The van der Waals surface area contributed by atoms with Crippen molar-refractivity contribution < 1.29 is 0 Å². The zero-order chi connectivity index (χ0) is 20.6. The molecule has 4 heteroatoms. The van der Waals surface area contributed by atoms with Gasteiger partial charge in [0.2, 0.25) is 0 Å². The first kappa shape index (κ1) is 19.7. The molecule has 3 aromatic carbocycles. The van der Waals surface area contributed by atoms with E-state index in [4.69, 9.17) is 0 Å². The quantitative estimate of drug-likeness (QED) is 0.573. The third-order valence-corrected chi connectivity index (χ3v) is 6.97. The molecule has 1 unspecified atom stereocenters. The molecule has 1 heterocycles. The Hall–Kier alpha value is -2.59. The van der Waals surface area contributed by atoms with E-state index in [1.54, 1.807) is 0 Å². The van der Waals surface area contributed by atoms with E-state index in [2.05, 4.69) is 123 Å². The lowest BCUT2D eigenvalue weighted by Crippen LogP contribution is -2.35. The number of rotatable bonds is 5. The summed E-state index contributed by atoms with van der Waals surface area (Å²) in [6.07, 6.45) is 0. The largest absolute Gasteiger partial charge is 0.378 e. The minimum atomic E-state index is -0.164. The molecule has 0 fully saturated rings. The normalized spacial score (nSPS) is 17.7. The molecule has 3 aromatic rings. The molecule has 1 atom stereocenters. The Labute approximate surface area is 178 Å². The van der Waals surface area contributed by atoms with Gasteiger partial charge in [0.05, 0.1) is 4.87 Å². The minimum Gasteiger partial charge on any atom is -0.378 e. The van der Waals surface area contributed by atoms with Crippen LogP contribution in [0.2, 0.25) is 0 Å². The molecule has 4 rings (SSSR count). The van der Waals surface area contributed by atoms with E-state index in [9.17, 15) is 0 Å². The number of anilines is 3. The maximum atomic E-state index is 3.82. The fourth-order valence-corrected chi connectivity index (χ4v) is 5.45. The monoisotopic (exact) mass is 403 g/mol. The van der Waals surface area contributed by atoms with Crippen molar-refractivity contribution in [1.82, 2.24) is 0 Å². The van der Waals surface area contributed by atoms with Crippen LogP contribution in [0.1, 0.15) is 24.0 Å². The van der Waals surface area contributed by atoms with Crippen LogP contribution < -0.4 is 15.1 Å². The highest BCUT2D eigenvalue weighted by Gasteiger charge is 2.42.